The van der Waals surface area contributed by atoms with Gasteiger partial charge in [0.25, 0.3) is 10.0 Å². The van der Waals surface area contributed by atoms with Gasteiger partial charge in [0, 0.05) is 10.0 Å². The lowest BCUT2D eigenvalue weighted by molar-refractivity contribution is 0.278. The molecule has 0 aliphatic carbocycles. The number of aromatic nitrogens is 2. The van der Waals surface area contributed by atoms with E-state index in [4.69, 9.17) is 5.11 Å². The molecule has 1 heterocycles. The van der Waals surface area contributed by atoms with Crippen LogP contribution in [0.15, 0.2) is 40.0 Å². The van der Waals surface area contributed by atoms with Crippen LogP contribution in [0.3, 0.4) is 0 Å². The number of halogens is 1. The van der Waals surface area contributed by atoms with Crippen molar-refractivity contribution in [1.29, 1.82) is 0 Å². The van der Waals surface area contributed by atoms with Gasteiger partial charge in [0.15, 0.2) is 5.03 Å². The summed E-state index contributed by atoms with van der Waals surface area (Å²) in [6.45, 7) is -0.400. The summed E-state index contributed by atoms with van der Waals surface area (Å²) in [5, 5.41) is 14.9. The molecule has 8 heteroatoms. The van der Waals surface area contributed by atoms with Crippen molar-refractivity contribution in [3.63, 3.8) is 0 Å². The third-order valence-electron chi connectivity index (χ3n) is 2.24. The van der Waals surface area contributed by atoms with Crippen LogP contribution in [0, 0.1) is 0 Å². The molecule has 0 fully saturated rings. The van der Waals surface area contributed by atoms with Gasteiger partial charge in [-0.15, -0.1) is 0 Å². The third kappa shape index (κ3) is 2.55. The van der Waals surface area contributed by atoms with E-state index in [1.165, 1.54) is 6.20 Å². The van der Waals surface area contributed by atoms with Crippen molar-refractivity contribution in [2.24, 2.45) is 0 Å². The number of sulfonamides is 1. The number of hydrogen-bond donors (Lipinski definition) is 3. The summed E-state index contributed by atoms with van der Waals surface area (Å²) < 4.78 is 27.2. The Morgan fingerprint density at radius 3 is 2.78 bits per heavy atom. The monoisotopic (exact) mass is 331 g/mol. The van der Waals surface area contributed by atoms with Gasteiger partial charge < -0.3 is 5.11 Å². The summed E-state index contributed by atoms with van der Waals surface area (Å²) >= 11 is 3.25. The minimum Gasteiger partial charge on any atom is -0.392 e. The van der Waals surface area contributed by atoms with Crippen molar-refractivity contribution in [2.45, 2.75) is 11.6 Å². The normalized spacial score (nSPS) is 11.4. The maximum absolute atomic E-state index is 12.1. The van der Waals surface area contributed by atoms with Crippen molar-refractivity contribution in [1.82, 2.24) is 10.2 Å². The van der Waals surface area contributed by atoms with E-state index in [0.29, 0.717) is 10.2 Å². The van der Waals surface area contributed by atoms with E-state index in [1.807, 2.05) is 0 Å². The number of H-pyrrole nitrogens is 1. The first-order valence-electron chi connectivity index (χ1n) is 4.95. The minimum absolute atomic E-state index is 0.138. The SMILES string of the molecule is O=S(=O)(Nc1ccccc1Br)c1[nH]ncc1CO. The molecular weight excluding hydrogens is 322 g/mol. The second kappa shape index (κ2) is 5.09. The van der Waals surface area contributed by atoms with Crippen LogP contribution in [0.25, 0.3) is 0 Å². The van der Waals surface area contributed by atoms with Crippen LogP contribution < -0.4 is 4.72 Å². The average molecular weight is 332 g/mol. The fourth-order valence-corrected chi connectivity index (χ4v) is 3.10. The van der Waals surface area contributed by atoms with Gasteiger partial charge in [-0.3, -0.25) is 9.82 Å². The first-order valence-corrected chi connectivity index (χ1v) is 7.22. The highest BCUT2D eigenvalue weighted by molar-refractivity contribution is 9.10. The lowest BCUT2D eigenvalue weighted by Gasteiger charge is -2.08. The van der Waals surface area contributed by atoms with Gasteiger partial charge in [0.1, 0.15) is 0 Å². The van der Waals surface area contributed by atoms with Crippen LogP contribution in [0.1, 0.15) is 5.56 Å². The molecule has 1 aromatic carbocycles. The number of aromatic amines is 1. The lowest BCUT2D eigenvalue weighted by atomic mass is 10.3. The van der Waals surface area contributed by atoms with E-state index < -0.39 is 16.6 Å². The Morgan fingerprint density at radius 1 is 1.39 bits per heavy atom. The van der Waals surface area contributed by atoms with Crippen LogP contribution in [-0.4, -0.2) is 23.7 Å². The Labute approximate surface area is 112 Å². The molecule has 0 bridgehead atoms. The number of aliphatic hydroxyl groups excluding tert-OH is 1. The fraction of sp³-hybridized carbons (Fsp3) is 0.100. The lowest BCUT2D eigenvalue weighted by Crippen LogP contribution is -2.15. The zero-order chi connectivity index (χ0) is 13.2. The molecule has 18 heavy (non-hydrogen) atoms. The summed E-state index contributed by atoms with van der Waals surface area (Å²) in [6.07, 6.45) is 1.27. The number of nitrogens with one attached hydrogen (secondary N) is 2. The van der Waals surface area contributed by atoms with Crippen LogP contribution in [0.2, 0.25) is 0 Å². The predicted molar refractivity (Wildman–Crippen MR) is 69.5 cm³/mol. The van der Waals surface area contributed by atoms with Gasteiger partial charge in [-0.2, -0.15) is 13.5 Å². The minimum atomic E-state index is -3.79. The largest absolute Gasteiger partial charge is 0.392 e. The van der Waals surface area contributed by atoms with Gasteiger partial charge in [-0.1, -0.05) is 12.1 Å². The molecule has 0 radical (unpaired) electrons. The standard InChI is InChI=1S/C10H10BrN3O3S/c11-8-3-1-2-4-9(8)14-18(16,17)10-7(6-15)5-12-13-10/h1-5,14-15H,6H2,(H,12,13). The topological polar surface area (TPSA) is 95.1 Å². The van der Waals surface area contributed by atoms with Crippen molar-refractivity contribution < 1.29 is 13.5 Å². The molecule has 0 amide bonds. The van der Waals surface area contributed by atoms with Gasteiger partial charge in [-0.25, -0.2) is 0 Å². The van der Waals surface area contributed by atoms with E-state index >= 15 is 0 Å². The average Bonchev–Trinajstić information content (AvgIpc) is 2.81. The molecule has 2 rings (SSSR count). The summed E-state index contributed by atoms with van der Waals surface area (Å²) in [5.74, 6) is 0. The number of anilines is 1. The maximum atomic E-state index is 12.1. The Morgan fingerprint density at radius 2 is 2.11 bits per heavy atom. The number of hydrogen-bond acceptors (Lipinski definition) is 4. The van der Waals surface area contributed by atoms with Gasteiger partial charge in [0.05, 0.1) is 18.5 Å². The van der Waals surface area contributed by atoms with Crippen LogP contribution in [0.5, 0.6) is 0 Å². The molecule has 6 nitrogen and oxygen atoms in total. The molecule has 0 unspecified atom stereocenters. The predicted octanol–water partition coefficient (Wildman–Crippen LogP) is 1.47. The van der Waals surface area contributed by atoms with Crippen molar-refractivity contribution in [3.05, 3.63) is 40.5 Å². The highest BCUT2D eigenvalue weighted by atomic mass is 79.9. The molecule has 96 valence electrons. The summed E-state index contributed by atoms with van der Waals surface area (Å²) in [7, 11) is -3.79. The molecule has 0 saturated heterocycles. The second-order valence-corrected chi connectivity index (χ2v) is 5.94. The number of nitrogens with zero attached hydrogens (tertiary/aromatic N) is 1. The van der Waals surface area contributed by atoms with E-state index in [2.05, 4.69) is 30.8 Å². The number of para-hydroxylation sites is 1. The highest BCUT2D eigenvalue weighted by Crippen LogP contribution is 2.24. The zero-order valence-electron chi connectivity index (χ0n) is 9.09. The molecule has 1 aromatic heterocycles. The Hall–Kier alpha value is -1.38. The molecule has 0 atom stereocenters. The van der Waals surface area contributed by atoms with E-state index in [9.17, 15) is 8.42 Å². The van der Waals surface area contributed by atoms with Gasteiger partial charge in [0.2, 0.25) is 0 Å². The number of aliphatic hydroxyl groups is 1. The smallest absolute Gasteiger partial charge is 0.279 e. The van der Waals surface area contributed by atoms with Crippen LogP contribution in [-0.2, 0) is 16.6 Å². The summed E-state index contributed by atoms with van der Waals surface area (Å²) in [6, 6.07) is 6.83. The molecule has 0 aliphatic heterocycles. The van der Waals surface area contributed by atoms with Crippen LogP contribution in [0.4, 0.5) is 5.69 Å². The summed E-state index contributed by atoms with van der Waals surface area (Å²) in [4.78, 5) is 0. The molecule has 0 saturated carbocycles. The Kier molecular flexibility index (Phi) is 3.69. The van der Waals surface area contributed by atoms with E-state index in [0.717, 1.165) is 0 Å². The first-order chi connectivity index (χ1) is 8.54. The van der Waals surface area contributed by atoms with E-state index in [1.54, 1.807) is 24.3 Å². The van der Waals surface area contributed by atoms with Crippen molar-refractivity contribution in [2.75, 3.05) is 4.72 Å². The first kappa shape index (κ1) is 13.1. The zero-order valence-corrected chi connectivity index (χ0v) is 11.5. The van der Waals surface area contributed by atoms with Crippen molar-refractivity contribution in [3.8, 4) is 0 Å². The quantitative estimate of drug-likeness (QED) is 0.790. The van der Waals surface area contributed by atoms with Crippen molar-refractivity contribution >= 4 is 31.6 Å². The second-order valence-electron chi connectivity index (χ2n) is 3.47. The number of rotatable bonds is 4. The van der Waals surface area contributed by atoms with Crippen LogP contribution >= 0.6 is 15.9 Å². The van der Waals surface area contributed by atoms with E-state index in [-0.39, 0.29) is 10.6 Å². The highest BCUT2D eigenvalue weighted by Gasteiger charge is 2.21. The molecule has 0 aliphatic rings. The molecule has 0 spiro atoms. The summed E-state index contributed by atoms with van der Waals surface area (Å²) in [5.41, 5.74) is 0.630. The molecular formula is C10H10BrN3O3S. The maximum Gasteiger partial charge on any atom is 0.279 e. The molecule has 2 aromatic rings. The molecule has 3 N–H and O–H groups in total. The Bertz CT molecular complexity index is 654. The third-order valence-corrected chi connectivity index (χ3v) is 4.31. The fourth-order valence-electron chi connectivity index (χ4n) is 1.38. The van der Waals surface area contributed by atoms with Gasteiger partial charge >= 0.3 is 0 Å². The Balaban J connectivity index is 2.37. The number of benzene rings is 1. The van der Waals surface area contributed by atoms with Gasteiger partial charge in [-0.05, 0) is 28.1 Å².